The van der Waals surface area contributed by atoms with E-state index in [-0.39, 0.29) is 6.04 Å². The lowest BCUT2D eigenvalue weighted by Crippen LogP contribution is -2.27. The number of hydrogen-bond donors (Lipinski definition) is 2. The topological polar surface area (TPSA) is 64.3 Å². The highest BCUT2D eigenvalue weighted by Crippen LogP contribution is 2.24. The minimum Gasteiger partial charge on any atom is -0.444 e. The van der Waals surface area contributed by atoms with Crippen molar-refractivity contribution in [2.24, 2.45) is 5.73 Å². The molecule has 4 nitrogen and oxygen atoms in total. The van der Waals surface area contributed by atoms with Crippen LogP contribution in [0.5, 0.6) is 0 Å². The van der Waals surface area contributed by atoms with Crippen molar-refractivity contribution in [2.45, 2.75) is 45.8 Å². The summed E-state index contributed by atoms with van der Waals surface area (Å²) >= 11 is 6.05. The molecule has 1 aromatic carbocycles. The van der Waals surface area contributed by atoms with Crippen LogP contribution >= 0.6 is 11.6 Å². The van der Waals surface area contributed by atoms with Gasteiger partial charge >= 0.3 is 6.09 Å². The van der Waals surface area contributed by atoms with E-state index in [1.165, 1.54) is 0 Å². The first-order valence-corrected chi connectivity index (χ1v) is 6.59. The fourth-order valence-corrected chi connectivity index (χ4v) is 1.75. The summed E-state index contributed by atoms with van der Waals surface area (Å²) in [5.74, 6) is 0. The van der Waals surface area contributed by atoms with Crippen molar-refractivity contribution in [3.8, 4) is 0 Å². The van der Waals surface area contributed by atoms with E-state index in [1.54, 1.807) is 26.8 Å². The van der Waals surface area contributed by atoms with Crippen LogP contribution in [0.1, 0.15) is 33.3 Å². The van der Waals surface area contributed by atoms with Crippen molar-refractivity contribution < 1.29 is 9.53 Å². The third-order valence-corrected chi connectivity index (χ3v) is 2.55. The first-order valence-electron chi connectivity index (χ1n) is 6.21. The quantitative estimate of drug-likeness (QED) is 0.892. The summed E-state index contributed by atoms with van der Waals surface area (Å²) in [5.41, 5.74) is 6.77. The van der Waals surface area contributed by atoms with Crippen LogP contribution in [0.4, 0.5) is 10.5 Å². The maximum absolute atomic E-state index is 11.7. The van der Waals surface area contributed by atoms with Gasteiger partial charge in [-0.2, -0.15) is 0 Å². The van der Waals surface area contributed by atoms with Crippen molar-refractivity contribution in [1.29, 1.82) is 0 Å². The van der Waals surface area contributed by atoms with Crippen molar-refractivity contribution in [3.05, 3.63) is 28.8 Å². The maximum atomic E-state index is 11.7. The highest BCUT2D eigenvalue weighted by atomic mass is 35.5. The Morgan fingerprint density at radius 1 is 1.47 bits per heavy atom. The van der Waals surface area contributed by atoms with E-state index in [1.807, 2.05) is 19.1 Å². The standard InChI is InChI=1S/C14H21ClN2O2/c1-9(16)7-10-5-6-11(15)12(8-10)17-13(18)19-14(2,3)4/h5-6,8-9H,7,16H2,1-4H3,(H,17,18). The van der Waals surface area contributed by atoms with Crippen LogP contribution in [0.3, 0.4) is 0 Å². The molecule has 3 N–H and O–H groups in total. The summed E-state index contributed by atoms with van der Waals surface area (Å²) in [6, 6.07) is 5.50. The Hall–Kier alpha value is -1.26. The molecule has 0 fully saturated rings. The van der Waals surface area contributed by atoms with Gasteiger partial charge < -0.3 is 10.5 Å². The summed E-state index contributed by atoms with van der Waals surface area (Å²) in [5, 5.41) is 3.12. The minimum absolute atomic E-state index is 0.0514. The average Bonchev–Trinajstić information content (AvgIpc) is 2.19. The molecule has 0 saturated heterocycles. The van der Waals surface area contributed by atoms with Gasteiger partial charge in [-0.3, -0.25) is 5.32 Å². The molecule has 5 heteroatoms. The molecule has 19 heavy (non-hydrogen) atoms. The minimum atomic E-state index is -0.542. The summed E-state index contributed by atoms with van der Waals surface area (Å²) in [6.45, 7) is 7.34. The molecule has 0 aliphatic rings. The molecular weight excluding hydrogens is 264 g/mol. The molecule has 0 saturated carbocycles. The van der Waals surface area contributed by atoms with Crippen LogP contribution in [0.25, 0.3) is 0 Å². The van der Waals surface area contributed by atoms with Crippen molar-refractivity contribution >= 4 is 23.4 Å². The number of benzene rings is 1. The lowest BCUT2D eigenvalue weighted by atomic mass is 10.1. The summed E-state index contributed by atoms with van der Waals surface area (Å²) in [7, 11) is 0. The Morgan fingerprint density at radius 3 is 2.63 bits per heavy atom. The van der Waals surface area contributed by atoms with Crippen LogP contribution in [0.2, 0.25) is 5.02 Å². The first kappa shape index (κ1) is 15.8. The molecule has 0 spiro atoms. The van der Waals surface area contributed by atoms with E-state index in [9.17, 15) is 4.79 Å². The van der Waals surface area contributed by atoms with Gasteiger partial charge in [0.15, 0.2) is 0 Å². The number of rotatable bonds is 3. The number of hydrogen-bond acceptors (Lipinski definition) is 3. The van der Waals surface area contributed by atoms with Crippen molar-refractivity contribution in [3.63, 3.8) is 0 Å². The van der Waals surface area contributed by atoms with Crippen LogP contribution in [0, 0.1) is 0 Å². The Kier molecular flexibility index (Phi) is 5.20. The third-order valence-electron chi connectivity index (χ3n) is 2.22. The lowest BCUT2D eigenvalue weighted by molar-refractivity contribution is 0.0636. The number of halogens is 1. The highest BCUT2D eigenvalue weighted by molar-refractivity contribution is 6.33. The zero-order valence-corrected chi connectivity index (χ0v) is 12.5. The van der Waals surface area contributed by atoms with Crippen LogP contribution < -0.4 is 11.1 Å². The molecule has 1 atom stereocenters. The molecule has 106 valence electrons. The molecule has 0 aliphatic heterocycles. The number of nitrogens with one attached hydrogen (secondary N) is 1. The predicted octanol–water partition coefficient (Wildman–Crippen LogP) is 3.58. The van der Waals surface area contributed by atoms with Gasteiger partial charge in [0.25, 0.3) is 0 Å². The van der Waals surface area contributed by atoms with Gasteiger partial charge in [0.05, 0.1) is 10.7 Å². The van der Waals surface area contributed by atoms with Crippen LogP contribution in [-0.2, 0) is 11.2 Å². The van der Waals surface area contributed by atoms with E-state index in [2.05, 4.69) is 5.32 Å². The van der Waals surface area contributed by atoms with E-state index in [0.717, 1.165) is 12.0 Å². The molecule has 1 aromatic rings. The van der Waals surface area contributed by atoms with E-state index in [4.69, 9.17) is 22.1 Å². The number of anilines is 1. The Bertz CT molecular complexity index is 453. The number of nitrogens with two attached hydrogens (primary N) is 1. The van der Waals surface area contributed by atoms with Gasteiger partial charge in [-0.25, -0.2) is 4.79 Å². The molecule has 0 aromatic heterocycles. The lowest BCUT2D eigenvalue weighted by Gasteiger charge is -2.20. The molecule has 0 heterocycles. The molecule has 0 bridgehead atoms. The fourth-order valence-electron chi connectivity index (χ4n) is 1.58. The van der Waals surface area contributed by atoms with E-state index in [0.29, 0.717) is 10.7 Å². The van der Waals surface area contributed by atoms with Gasteiger partial charge in [-0.1, -0.05) is 17.7 Å². The van der Waals surface area contributed by atoms with E-state index < -0.39 is 11.7 Å². The predicted molar refractivity (Wildman–Crippen MR) is 78.7 cm³/mol. The summed E-state index contributed by atoms with van der Waals surface area (Å²) < 4.78 is 5.18. The van der Waals surface area contributed by atoms with Crippen molar-refractivity contribution in [2.75, 3.05) is 5.32 Å². The SMILES string of the molecule is CC(N)Cc1ccc(Cl)c(NC(=O)OC(C)(C)C)c1. The number of ether oxygens (including phenoxy) is 1. The molecule has 1 amide bonds. The first-order chi connectivity index (χ1) is 8.67. The largest absolute Gasteiger partial charge is 0.444 e. The zero-order valence-electron chi connectivity index (χ0n) is 11.8. The monoisotopic (exact) mass is 284 g/mol. The Morgan fingerprint density at radius 2 is 2.11 bits per heavy atom. The normalized spacial score (nSPS) is 12.9. The second-order valence-corrected chi connectivity index (χ2v) is 6.03. The second kappa shape index (κ2) is 6.26. The molecule has 1 rings (SSSR count). The smallest absolute Gasteiger partial charge is 0.412 e. The van der Waals surface area contributed by atoms with Gasteiger partial charge in [0.1, 0.15) is 5.60 Å². The Balaban J connectivity index is 2.79. The van der Waals surface area contributed by atoms with Gasteiger partial charge in [0, 0.05) is 6.04 Å². The summed E-state index contributed by atoms with van der Waals surface area (Å²) in [4.78, 5) is 11.7. The van der Waals surface area contributed by atoms with Crippen LogP contribution in [-0.4, -0.2) is 17.7 Å². The third kappa shape index (κ3) is 5.94. The van der Waals surface area contributed by atoms with Gasteiger partial charge in [-0.05, 0) is 51.8 Å². The van der Waals surface area contributed by atoms with Crippen LogP contribution in [0.15, 0.2) is 18.2 Å². The number of amides is 1. The van der Waals surface area contributed by atoms with Gasteiger partial charge in [-0.15, -0.1) is 0 Å². The number of carbonyl (C=O) groups is 1. The Labute approximate surface area is 119 Å². The molecular formula is C14H21ClN2O2. The molecule has 0 aliphatic carbocycles. The molecule has 1 unspecified atom stereocenters. The number of carbonyl (C=O) groups excluding carboxylic acids is 1. The molecule has 0 radical (unpaired) electrons. The summed E-state index contributed by atoms with van der Waals surface area (Å²) in [6.07, 6.45) is 0.201. The zero-order chi connectivity index (χ0) is 14.6. The van der Waals surface area contributed by atoms with Gasteiger partial charge in [0.2, 0.25) is 0 Å². The fraction of sp³-hybridized carbons (Fsp3) is 0.500. The van der Waals surface area contributed by atoms with E-state index >= 15 is 0 Å². The van der Waals surface area contributed by atoms with Crippen molar-refractivity contribution in [1.82, 2.24) is 0 Å². The maximum Gasteiger partial charge on any atom is 0.412 e. The highest BCUT2D eigenvalue weighted by Gasteiger charge is 2.17. The second-order valence-electron chi connectivity index (χ2n) is 5.62. The average molecular weight is 285 g/mol.